The quantitative estimate of drug-likeness (QED) is 0.560. The molecule has 154 valence electrons. The molecule has 0 saturated carbocycles. The number of nitrogens with zero attached hydrogens (tertiary/aromatic N) is 5. The first kappa shape index (κ1) is 19.8. The number of hydrogen-bond donors (Lipinski definition) is 0. The zero-order chi connectivity index (χ0) is 20.5. The third kappa shape index (κ3) is 3.86. The standard InChI is InChI=1S/C20H24ClN5O3/c1-14-3-2-10-24(14)15-8-11-23(12-9-15)18-13-22-25(20(27)19(18)21)16-4-6-17(7-5-16)26(28)29/h4-7,13-15H,2-3,8-12H2,1H3. The van der Waals surface area contributed by atoms with Crippen molar-refractivity contribution in [2.24, 2.45) is 0 Å². The minimum Gasteiger partial charge on any atom is -0.369 e. The first-order chi connectivity index (χ1) is 14.0. The van der Waals surface area contributed by atoms with Crippen LogP contribution in [0, 0.1) is 10.1 Å². The van der Waals surface area contributed by atoms with Gasteiger partial charge in [0.05, 0.1) is 22.5 Å². The molecule has 9 heteroatoms. The maximum absolute atomic E-state index is 12.8. The van der Waals surface area contributed by atoms with Gasteiger partial charge in [-0.3, -0.25) is 19.8 Å². The van der Waals surface area contributed by atoms with Gasteiger partial charge in [0.2, 0.25) is 0 Å². The molecule has 0 spiro atoms. The van der Waals surface area contributed by atoms with E-state index in [-0.39, 0.29) is 10.7 Å². The SMILES string of the molecule is CC1CCCN1C1CCN(c2cnn(-c3ccc([N+](=O)[O-])cc3)c(=O)c2Cl)CC1. The van der Waals surface area contributed by atoms with Crippen LogP contribution in [0.25, 0.3) is 5.69 Å². The Balaban J connectivity index is 1.50. The predicted molar refractivity (Wildman–Crippen MR) is 112 cm³/mol. The Bertz CT molecular complexity index is 954. The lowest BCUT2D eigenvalue weighted by Gasteiger charge is -2.39. The molecule has 0 aliphatic carbocycles. The van der Waals surface area contributed by atoms with Crippen molar-refractivity contribution in [1.82, 2.24) is 14.7 Å². The fourth-order valence-electron chi connectivity index (χ4n) is 4.48. The molecule has 29 heavy (non-hydrogen) atoms. The molecule has 2 aliphatic rings. The minimum absolute atomic E-state index is 0.0419. The van der Waals surface area contributed by atoms with Crippen molar-refractivity contribution >= 4 is 23.0 Å². The van der Waals surface area contributed by atoms with E-state index in [9.17, 15) is 14.9 Å². The van der Waals surface area contributed by atoms with Crippen LogP contribution in [0.3, 0.4) is 0 Å². The van der Waals surface area contributed by atoms with Crippen LogP contribution in [0.4, 0.5) is 11.4 Å². The highest BCUT2D eigenvalue weighted by atomic mass is 35.5. The van der Waals surface area contributed by atoms with E-state index >= 15 is 0 Å². The molecule has 0 amide bonds. The number of halogens is 1. The number of benzene rings is 1. The van der Waals surface area contributed by atoms with Crippen LogP contribution in [0.15, 0.2) is 35.3 Å². The Morgan fingerprint density at radius 2 is 1.83 bits per heavy atom. The summed E-state index contributed by atoms with van der Waals surface area (Å²) in [5, 5.41) is 15.2. The van der Waals surface area contributed by atoms with Gasteiger partial charge in [-0.05, 0) is 51.3 Å². The van der Waals surface area contributed by atoms with Gasteiger partial charge in [-0.2, -0.15) is 9.78 Å². The largest absolute Gasteiger partial charge is 0.369 e. The maximum Gasteiger partial charge on any atom is 0.292 e. The van der Waals surface area contributed by atoms with Crippen molar-refractivity contribution in [3.63, 3.8) is 0 Å². The molecular weight excluding hydrogens is 394 g/mol. The molecule has 3 heterocycles. The first-order valence-electron chi connectivity index (χ1n) is 9.99. The number of likely N-dealkylation sites (tertiary alicyclic amines) is 1. The third-order valence-electron chi connectivity index (χ3n) is 6.08. The molecule has 2 aliphatic heterocycles. The monoisotopic (exact) mass is 417 g/mol. The van der Waals surface area contributed by atoms with Crippen LogP contribution in [-0.2, 0) is 0 Å². The van der Waals surface area contributed by atoms with E-state index in [1.54, 1.807) is 6.20 Å². The molecule has 0 N–H and O–H groups in total. The summed E-state index contributed by atoms with van der Waals surface area (Å²) in [4.78, 5) is 27.8. The van der Waals surface area contributed by atoms with Crippen molar-refractivity contribution in [2.45, 2.75) is 44.7 Å². The second-order valence-corrected chi connectivity index (χ2v) is 8.16. The topological polar surface area (TPSA) is 84.5 Å². The summed E-state index contributed by atoms with van der Waals surface area (Å²) in [6, 6.07) is 6.92. The molecule has 2 aromatic rings. The van der Waals surface area contributed by atoms with Gasteiger partial charge in [-0.1, -0.05) is 11.6 Å². The van der Waals surface area contributed by atoms with Crippen LogP contribution in [0.2, 0.25) is 5.02 Å². The van der Waals surface area contributed by atoms with Gasteiger partial charge in [0, 0.05) is 37.3 Å². The van der Waals surface area contributed by atoms with Crippen LogP contribution in [-0.4, -0.2) is 51.3 Å². The van der Waals surface area contributed by atoms with Gasteiger partial charge in [-0.25, -0.2) is 0 Å². The normalized spacial score (nSPS) is 20.9. The van der Waals surface area contributed by atoms with Gasteiger partial charge < -0.3 is 4.90 Å². The number of non-ortho nitro benzene ring substituents is 1. The number of rotatable bonds is 4. The molecule has 2 saturated heterocycles. The Morgan fingerprint density at radius 1 is 1.14 bits per heavy atom. The molecule has 8 nitrogen and oxygen atoms in total. The molecule has 1 unspecified atom stereocenters. The van der Waals surface area contributed by atoms with E-state index in [0.717, 1.165) is 25.9 Å². The third-order valence-corrected chi connectivity index (χ3v) is 6.44. The van der Waals surface area contributed by atoms with E-state index in [4.69, 9.17) is 11.6 Å². The molecule has 0 radical (unpaired) electrons. The fraction of sp³-hybridized carbons (Fsp3) is 0.500. The number of anilines is 1. The summed E-state index contributed by atoms with van der Waals surface area (Å²) in [5.74, 6) is 0. The van der Waals surface area contributed by atoms with E-state index in [2.05, 4.69) is 21.8 Å². The highest BCUT2D eigenvalue weighted by Gasteiger charge is 2.31. The average molecular weight is 418 g/mol. The summed E-state index contributed by atoms with van der Waals surface area (Å²) in [6.45, 7) is 5.17. The minimum atomic E-state index is -0.484. The number of nitro groups is 1. The fourth-order valence-corrected chi connectivity index (χ4v) is 4.73. The van der Waals surface area contributed by atoms with Gasteiger partial charge in [0.25, 0.3) is 11.2 Å². The highest BCUT2D eigenvalue weighted by molar-refractivity contribution is 6.33. The highest BCUT2D eigenvalue weighted by Crippen LogP contribution is 2.29. The van der Waals surface area contributed by atoms with Crippen LogP contribution < -0.4 is 10.5 Å². The summed E-state index contributed by atoms with van der Waals surface area (Å²) in [5.41, 5.74) is 0.631. The zero-order valence-corrected chi connectivity index (χ0v) is 17.1. The lowest BCUT2D eigenvalue weighted by molar-refractivity contribution is -0.384. The number of hydrogen-bond acceptors (Lipinski definition) is 6. The number of piperidine rings is 1. The van der Waals surface area contributed by atoms with Gasteiger partial charge in [0.15, 0.2) is 0 Å². The van der Waals surface area contributed by atoms with Crippen molar-refractivity contribution in [1.29, 1.82) is 0 Å². The van der Waals surface area contributed by atoms with Crippen LogP contribution >= 0.6 is 11.6 Å². The summed E-state index contributed by atoms with van der Waals surface area (Å²) >= 11 is 6.42. The lowest BCUT2D eigenvalue weighted by atomic mass is 10.0. The predicted octanol–water partition coefficient (Wildman–Crippen LogP) is 3.25. The molecular formula is C20H24ClN5O3. The molecule has 4 rings (SSSR count). The Hall–Kier alpha value is -2.45. The Morgan fingerprint density at radius 3 is 2.41 bits per heavy atom. The van der Waals surface area contributed by atoms with E-state index < -0.39 is 10.5 Å². The van der Waals surface area contributed by atoms with Crippen molar-refractivity contribution in [2.75, 3.05) is 24.5 Å². The molecule has 0 bridgehead atoms. The zero-order valence-electron chi connectivity index (χ0n) is 16.3. The summed E-state index contributed by atoms with van der Waals surface area (Å²) < 4.78 is 1.17. The van der Waals surface area contributed by atoms with Crippen molar-refractivity contribution in [3.05, 3.63) is 56.0 Å². The second-order valence-electron chi connectivity index (χ2n) is 7.78. The van der Waals surface area contributed by atoms with Gasteiger partial charge in [0.1, 0.15) is 5.02 Å². The smallest absolute Gasteiger partial charge is 0.292 e. The first-order valence-corrected chi connectivity index (χ1v) is 10.4. The van der Waals surface area contributed by atoms with Crippen LogP contribution in [0.5, 0.6) is 0 Å². The van der Waals surface area contributed by atoms with Gasteiger partial charge >= 0.3 is 0 Å². The van der Waals surface area contributed by atoms with Gasteiger partial charge in [-0.15, -0.1) is 0 Å². The molecule has 1 aromatic carbocycles. The number of nitro benzene ring substituents is 1. The average Bonchev–Trinajstić information content (AvgIpc) is 3.16. The van der Waals surface area contributed by atoms with Crippen molar-refractivity contribution < 1.29 is 4.92 Å². The molecule has 2 fully saturated rings. The second kappa shape index (κ2) is 8.12. The van der Waals surface area contributed by atoms with E-state index in [0.29, 0.717) is 23.5 Å². The maximum atomic E-state index is 12.8. The van der Waals surface area contributed by atoms with Crippen molar-refractivity contribution in [3.8, 4) is 5.69 Å². The van der Waals surface area contributed by atoms with Crippen LogP contribution in [0.1, 0.15) is 32.6 Å². The Kier molecular flexibility index (Phi) is 5.56. The Labute approximate surface area is 173 Å². The van der Waals surface area contributed by atoms with E-state index in [1.807, 2.05) is 0 Å². The molecule has 1 atom stereocenters. The number of aromatic nitrogens is 2. The molecule has 1 aromatic heterocycles. The summed E-state index contributed by atoms with van der Waals surface area (Å²) in [7, 11) is 0. The van der Waals surface area contributed by atoms with E-state index in [1.165, 1.54) is 48.3 Å². The summed E-state index contributed by atoms with van der Waals surface area (Å²) in [6.07, 6.45) is 6.26. The lowest BCUT2D eigenvalue weighted by Crippen LogP contribution is -2.46.